The Balaban J connectivity index is 2.34. The van der Waals surface area contributed by atoms with Crippen LogP contribution in [0.1, 0.15) is 31.0 Å². The summed E-state index contributed by atoms with van der Waals surface area (Å²) in [6.45, 7) is 3.23. The number of nitrogens with one attached hydrogen (secondary N) is 1. The van der Waals surface area contributed by atoms with Crippen molar-refractivity contribution in [3.8, 4) is 5.69 Å². The normalized spacial score (nSPS) is 11.2. The minimum absolute atomic E-state index is 0.0493. The molecule has 1 aromatic carbocycles. The van der Waals surface area contributed by atoms with Crippen LogP contribution < -0.4 is 5.32 Å². The highest BCUT2D eigenvalue weighted by Gasteiger charge is 2.20. The largest absolute Gasteiger partial charge is 0.313 e. The maximum atomic E-state index is 13.3. The molecular weight excluding hydrogens is 328 g/mol. The lowest BCUT2D eigenvalue weighted by Gasteiger charge is -2.09. The number of alkyl halides is 2. The monoisotopic (exact) mass is 343 g/mol. The van der Waals surface area contributed by atoms with Gasteiger partial charge in [0.25, 0.3) is 6.43 Å². The van der Waals surface area contributed by atoms with Crippen molar-refractivity contribution < 1.29 is 8.78 Å². The predicted molar refractivity (Wildman–Crippen MR) is 78.2 cm³/mol. The van der Waals surface area contributed by atoms with Gasteiger partial charge in [-0.2, -0.15) is 5.10 Å². The molecule has 0 atom stereocenters. The van der Waals surface area contributed by atoms with E-state index < -0.39 is 6.43 Å². The number of nitrogens with zero attached hydrogens (tertiary/aromatic N) is 2. The SMILES string of the molecule is CCCNCc1cnn(-c2cccc(Br)c2)c1C(F)F. The lowest BCUT2D eigenvalue weighted by atomic mass is 10.2. The Hall–Kier alpha value is -1.27. The van der Waals surface area contributed by atoms with Gasteiger partial charge in [0.05, 0.1) is 11.9 Å². The molecule has 108 valence electrons. The van der Waals surface area contributed by atoms with E-state index >= 15 is 0 Å². The molecule has 0 aliphatic heterocycles. The highest BCUT2D eigenvalue weighted by atomic mass is 79.9. The summed E-state index contributed by atoms with van der Waals surface area (Å²) in [5, 5.41) is 7.23. The molecule has 2 aromatic rings. The Labute approximate surface area is 125 Å². The molecule has 20 heavy (non-hydrogen) atoms. The van der Waals surface area contributed by atoms with E-state index in [0.717, 1.165) is 17.4 Å². The summed E-state index contributed by atoms with van der Waals surface area (Å²) >= 11 is 3.34. The number of halogens is 3. The Morgan fingerprint density at radius 2 is 2.20 bits per heavy atom. The fourth-order valence-electron chi connectivity index (χ4n) is 1.97. The molecule has 0 unspecified atom stereocenters. The average molecular weight is 344 g/mol. The van der Waals surface area contributed by atoms with E-state index in [1.807, 2.05) is 13.0 Å². The van der Waals surface area contributed by atoms with Gasteiger partial charge >= 0.3 is 0 Å². The van der Waals surface area contributed by atoms with Crippen LogP contribution in [0.2, 0.25) is 0 Å². The van der Waals surface area contributed by atoms with Gasteiger partial charge in [-0.3, -0.25) is 0 Å². The predicted octanol–water partition coefficient (Wildman–Crippen LogP) is 4.07. The van der Waals surface area contributed by atoms with Crippen molar-refractivity contribution in [3.05, 3.63) is 46.2 Å². The molecule has 0 spiro atoms. The fourth-order valence-corrected chi connectivity index (χ4v) is 2.36. The molecular formula is C14H16BrF2N3. The zero-order valence-electron chi connectivity index (χ0n) is 11.1. The van der Waals surface area contributed by atoms with Crippen LogP contribution in [0, 0.1) is 0 Å². The van der Waals surface area contributed by atoms with Crippen LogP contribution in [0.5, 0.6) is 0 Å². The smallest absolute Gasteiger partial charge is 0.280 e. The van der Waals surface area contributed by atoms with E-state index in [1.54, 1.807) is 18.2 Å². The third kappa shape index (κ3) is 3.43. The van der Waals surface area contributed by atoms with Crippen LogP contribution in [-0.2, 0) is 6.54 Å². The molecule has 0 aliphatic rings. The lowest BCUT2D eigenvalue weighted by Crippen LogP contribution is -2.15. The van der Waals surface area contributed by atoms with Gasteiger partial charge in [-0.15, -0.1) is 0 Å². The third-order valence-electron chi connectivity index (χ3n) is 2.89. The van der Waals surface area contributed by atoms with Crippen molar-refractivity contribution in [2.75, 3.05) is 6.54 Å². The number of aromatic nitrogens is 2. The first-order valence-electron chi connectivity index (χ1n) is 6.45. The first-order valence-corrected chi connectivity index (χ1v) is 7.24. The molecule has 0 radical (unpaired) electrons. The number of hydrogen-bond acceptors (Lipinski definition) is 2. The molecule has 0 aliphatic carbocycles. The van der Waals surface area contributed by atoms with Gasteiger partial charge in [-0.05, 0) is 31.2 Å². The fraction of sp³-hybridized carbons (Fsp3) is 0.357. The number of hydrogen-bond donors (Lipinski definition) is 1. The Morgan fingerprint density at radius 1 is 1.40 bits per heavy atom. The minimum Gasteiger partial charge on any atom is -0.313 e. The second-order valence-electron chi connectivity index (χ2n) is 4.42. The first kappa shape index (κ1) is 15.1. The van der Waals surface area contributed by atoms with Crippen molar-refractivity contribution in [3.63, 3.8) is 0 Å². The van der Waals surface area contributed by atoms with Crippen molar-refractivity contribution in [1.82, 2.24) is 15.1 Å². The zero-order chi connectivity index (χ0) is 14.5. The quantitative estimate of drug-likeness (QED) is 0.801. The third-order valence-corrected chi connectivity index (χ3v) is 3.38. The van der Waals surface area contributed by atoms with E-state index in [4.69, 9.17) is 0 Å². The van der Waals surface area contributed by atoms with Gasteiger partial charge in [0.1, 0.15) is 5.69 Å². The van der Waals surface area contributed by atoms with Crippen molar-refractivity contribution in [2.45, 2.75) is 26.3 Å². The zero-order valence-corrected chi connectivity index (χ0v) is 12.7. The highest BCUT2D eigenvalue weighted by Crippen LogP contribution is 2.26. The van der Waals surface area contributed by atoms with Crippen LogP contribution in [-0.4, -0.2) is 16.3 Å². The summed E-state index contributed by atoms with van der Waals surface area (Å²) in [4.78, 5) is 0. The van der Waals surface area contributed by atoms with Crippen LogP contribution in [0.15, 0.2) is 34.9 Å². The second kappa shape index (κ2) is 6.95. The molecule has 0 bridgehead atoms. The summed E-state index contributed by atoms with van der Waals surface area (Å²) in [6.07, 6.45) is -0.0932. The number of rotatable bonds is 6. The Morgan fingerprint density at radius 3 is 2.85 bits per heavy atom. The first-order chi connectivity index (χ1) is 9.63. The maximum absolute atomic E-state index is 13.3. The summed E-state index contributed by atoms with van der Waals surface area (Å²) in [5.41, 5.74) is 1.11. The van der Waals surface area contributed by atoms with Gasteiger partial charge in [0.15, 0.2) is 0 Å². The van der Waals surface area contributed by atoms with Crippen LogP contribution >= 0.6 is 15.9 Å². The molecule has 1 heterocycles. The lowest BCUT2D eigenvalue weighted by molar-refractivity contribution is 0.141. The molecule has 0 saturated heterocycles. The minimum atomic E-state index is -2.56. The molecule has 6 heteroatoms. The standard InChI is InChI=1S/C14H16BrF2N3/c1-2-6-18-8-10-9-19-20(13(10)14(16)17)12-5-3-4-11(15)7-12/h3-5,7,9,14,18H,2,6,8H2,1H3. The molecule has 1 N–H and O–H groups in total. The van der Waals surface area contributed by atoms with Gasteiger partial charge < -0.3 is 5.32 Å². The number of benzene rings is 1. The van der Waals surface area contributed by atoms with Crippen molar-refractivity contribution in [2.24, 2.45) is 0 Å². The molecule has 0 saturated carbocycles. The van der Waals surface area contributed by atoms with Crippen molar-refractivity contribution >= 4 is 15.9 Å². The Kier molecular flexibility index (Phi) is 5.25. The summed E-state index contributed by atoms with van der Waals surface area (Å²) in [7, 11) is 0. The van der Waals surface area contributed by atoms with E-state index in [2.05, 4.69) is 26.3 Å². The van der Waals surface area contributed by atoms with E-state index in [-0.39, 0.29) is 5.69 Å². The van der Waals surface area contributed by atoms with Gasteiger partial charge in [-0.1, -0.05) is 28.9 Å². The van der Waals surface area contributed by atoms with Crippen molar-refractivity contribution in [1.29, 1.82) is 0 Å². The summed E-state index contributed by atoms with van der Waals surface area (Å²) in [6, 6.07) is 7.17. The van der Waals surface area contributed by atoms with E-state index in [0.29, 0.717) is 17.8 Å². The second-order valence-corrected chi connectivity index (χ2v) is 5.34. The molecule has 0 fully saturated rings. The summed E-state index contributed by atoms with van der Waals surface area (Å²) in [5.74, 6) is 0. The molecule has 1 aromatic heterocycles. The highest BCUT2D eigenvalue weighted by molar-refractivity contribution is 9.10. The van der Waals surface area contributed by atoms with Crippen LogP contribution in [0.4, 0.5) is 8.78 Å². The summed E-state index contributed by atoms with van der Waals surface area (Å²) < 4.78 is 28.8. The van der Waals surface area contributed by atoms with E-state index in [1.165, 1.54) is 10.9 Å². The average Bonchev–Trinajstić information content (AvgIpc) is 2.83. The van der Waals surface area contributed by atoms with Gasteiger partial charge in [0.2, 0.25) is 0 Å². The van der Waals surface area contributed by atoms with Crippen LogP contribution in [0.3, 0.4) is 0 Å². The van der Waals surface area contributed by atoms with Gasteiger partial charge in [-0.25, -0.2) is 13.5 Å². The Bertz CT molecular complexity index is 569. The van der Waals surface area contributed by atoms with Crippen LogP contribution in [0.25, 0.3) is 5.69 Å². The molecule has 2 rings (SSSR count). The topological polar surface area (TPSA) is 29.9 Å². The molecule has 3 nitrogen and oxygen atoms in total. The van der Waals surface area contributed by atoms with Gasteiger partial charge in [0, 0.05) is 16.6 Å². The molecule has 0 amide bonds. The maximum Gasteiger partial charge on any atom is 0.280 e. The van der Waals surface area contributed by atoms with E-state index in [9.17, 15) is 8.78 Å².